The Kier molecular flexibility index (Phi) is 5.35. The van der Waals surface area contributed by atoms with E-state index in [4.69, 9.17) is 10.2 Å². The SMILES string of the molecule is O=C(NCCC(O)C(=O)O)c1cccn1C1CCNCC1. The number of piperidine rings is 1. The van der Waals surface area contributed by atoms with E-state index >= 15 is 0 Å². The van der Waals surface area contributed by atoms with Crippen LogP contribution in [0.25, 0.3) is 0 Å². The van der Waals surface area contributed by atoms with E-state index in [9.17, 15) is 9.59 Å². The minimum absolute atomic E-state index is 0.00483. The number of aliphatic hydroxyl groups is 1. The van der Waals surface area contributed by atoms with Crippen molar-refractivity contribution in [3.05, 3.63) is 24.0 Å². The number of nitrogens with zero attached hydrogens (tertiary/aromatic N) is 1. The number of carbonyl (C=O) groups is 2. The van der Waals surface area contributed by atoms with Crippen LogP contribution in [-0.4, -0.2) is 52.4 Å². The molecular weight excluding hydrogens is 274 g/mol. The van der Waals surface area contributed by atoms with Gasteiger partial charge in [-0.15, -0.1) is 0 Å². The third-order valence-electron chi connectivity index (χ3n) is 3.70. The van der Waals surface area contributed by atoms with E-state index in [0.717, 1.165) is 25.9 Å². The van der Waals surface area contributed by atoms with E-state index in [-0.39, 0.29) is 18.9 Å². The normalized spacial score (nSPS) is 17.4. The Hall–Kier alpha value is -1.86. The zero-order valence-electron chi connectivity index (χ0n) is 11.8. The van der Waals surface area contributed by atoms with Crippen molar-refractivity contribution in [2.45, 2.75) is 31.4 Å². The van der Waals surface area contributed by atoms with Gasteiger partial charge in [0.25, 0.3) is 5.91 Å². The fourth-order valence-electron chi connectivity index (χ4n) is 2.53. The second kappa shape index (κ2) is 7.24. The zero-order valence-corrected chi connectivity index (χ0v) is 11.8. The lowest BCUT2D eigenvalue weighted by molar-refractivity contribution is -0.146. The molecule has 7 heteroatoms. The number of amides is 1. The number of carbonyl (C=O) groups excluding carboxylic acids is 1. The number of nitrogens with one attached hydrogen (secondary N) is 2. The molecule has 1 aliphatic heterocycles. The van der Waals surface area contributed by atoms with Crippen LogP contribution in [0.1, 0.15) is 35.8 Å². The first kappa shape index (κ1) is 15.5. The van der Waals surface area contributed by atoms with Crippen LogP contribution in [0.2, 0.25) is 0 Å². The van der Waals surface area contributed by atoms with Crippen LogP contribution >= 0.6 is 0 Å². The van der Waals surface area contributed by atoms with Gasteiger partial charge in [0.05, 0.1) is 0 Å². The zero-order chi connectivity index (χ0) is 15.2. The Balaban J connectivity index is 1.90. The number of hydrogen-bond donors (Lipinski definition) is 4. The molecule has 1 aliphatic rings. The Morgan fingerprint density at radius 1 is 1.43 bits per heavy atom. The Morgan fingerprint density at radius 2 is 2.14 bits per heavy atom. The van der Waals surface area contributed by atoms with Crippen molar-refractivity contribution < 1.29 is 19.8 Å². The molecule has 0 bridgehead atoms. The molecular formula is C14H21N3O4. The van der Waals surface area contributed by atoms with Crippen LogP contribution in [0, 0.1) is 0 Å². The van der Waals surface area contributed by atoms with Gasteiger partial charge >= 0.3 is 5.97 Å². The summed E-state index contributed by atoms with van der Waals surface area (Å²) in [7, 11) is 0. The molecule has 0 spiro atoms. The summed E-state index contributed by atoms with van der Waals surface area (Å²) >= 11 is 0. The maximum absolute atomic E-state index is 12.1. The van der Waals surface area contributed by atoms with Crippen molar-refractivity contribution in [1.82, 2.24) is 15.2 Å². The lowest BCUT2D eigenvalue weighted by Gasteiger charge is -2.25. The Bertz CT molecular complexity index is 494. The molecule has 2 rings (SSSR count). The van der Waals surface area contributed by atoms with Gasteiger partial charge in [0.2, 0.25) is 0 Å². The molecule has 7 nitrogen and oxygen atoms in total. The molecule has 0 radical (unpaired) electrons. The second-order valence-corrected chi connectivity index (χ2v) is 5.18. The number of hydrogen-bond acceptors (Lipinski definition) is 4. The molecule has 21 heavy (non-hydrogen) atoms. The Labute approximate surface area is 123 Å². The molecule has 1 atom stereocenters. The van der Waals surface area contributed by atoms with Crippen LogP contribution in [0.15, 0.2) is 18.3 Å². The van der Waals surface area contributed by atoms with E-state index in [1.807, 2.05) is 16.8 Å². The molecule has 4 N–H and O–H groups in total. The maximum atomic E-state index is 12.1. The molecule has 2 heterocycles. The molecule has 0 saturated carbocycles. The van der Waals surface area contributed by atoms with Crippen molar-refractivity contribution >= 4 is 11.9 Å². The molecule has 1 aromatic rings. The van der Waals surface area contributed by atoms with Crippen LogP contribution in [0.5, 0.6) is 0 Å². The minimum atomic E-state index is -1.44. The first-order chi connectivity index (χ1) is 10.1. The summed E-state index contributed by atoms with van der Waals surface area (Å²) in [6, 6.07) is 3.90. The van der Waals surface area contributed by atoms with Gasteiger partial charge in [-0.2, -0.15) is 0 Å². The van der Waals surface area contributed by atoms with Gasteiger partial charge in [-0.3, -0.25) is 4.79 Å². The van der Waals surface area contributed by atoms with Crippen LogP contribution in [-0.2, 0) is 4.79 Å². The summed E-state index contributed by atoms with van der Waals surface area (Å²) in [6.45, 7) is 2.01. The van der Waals surface area contributed by atoms with Crippen molar-refractivity contribution in [2.24, 2.45) is 0 Å². The monoisotopic (exact) mass is 295 g/mol. The Morgan fingerprint density at radius 3 is 2.81 bits per heavy atom. The van der Waals surface area contributed by atoms with Crippen LogP contribution in [0.3, 0.4) is 0 Å². The number of aliphatic hydroxyl groups excluding tert-OH is 1. The van der Waals surface area contributed by atoms with Gasteiger partial charge in [0.15, 0.2) is 6.10 Å². The van der Waals surface area contributed by atoms with E-state index in [1.165, 1.54) is 0 Å². The van der Waals surface area contributed by atoms with Gasteiger partial charge in [0.1, 0.15) is 5.69 Å². The number of carboxylic acid groups (broad SMARTS) is 1. The highest BCUT2D eigenvalue weighted by molar-refractivity contribution is 5.92. The first-order valence-electron chi connectivity index (χ1n) is 7.16. The molecule has 1 aromatic heterocycles. The summed E-state index contributed by atoms with van der Waals surface area (Å²) in [6.07, 6.45) is 2.41. The number of carboxylic acids is 1. The largest absolute Gasteiger partial charge is 0.479 e. The van der Waals surface area contributed by atoms with Gasteiger partial charge in [0, 0.05) is 25.2 Å². The second-order valence-electron chi connectivity index (χ2n) is 5.18. The van der Waals surface area contributed by atoms with Gasteiger partial charge < -0.3 is 25.4 Å². The molecule has 1 unspecified atom stereocenters. The van der Waals surface area contributed by atoms with Crippen molar-refractivity contribution in [3.63, 3.8) is 0 Å². The number of aromatic nitrogens is 1. The summed E-state index contributed by atoms with van der Waals surface area (Å²) in [5.41, 5.74) is 0.576. The van der Waals surface area contributed by atoms with E-state index in [2.05, 4.69) is 10.6 Å². The first-order valence-corrected chi connectivity index (χ1v) is 7.16. The summed E-state index contributed by atoms with van der Waals surface area (Å²) in [4.78, 5) is 22.6. The molecule has 116 valence electrons. The number of aliphatic carboxylic acids is 1. The third kappa shape index (κ3) is 4.05. The van der Waals surface area contributed by atoms with E-state index < -0.39 is 12.1 Å². The van der Waals surface area contributed by atoms with Crippen LogP contribution < -0.4 is 10.6 Å². The molecule has 1 fully saturated rings. The smallest absolute Gasteiger partial charge is 0.332 e. The van der Waals surface area contributed by atoms with Gasteiger partial charge in [-0.1, -0.05) is 0 Å². The molecule has 1 saturated heterocycles. The van der Waals surface area contributed by atoms with Crippen molar-refractivity contribution in [1.29, 1.82) is 0 Å². The average Bonchev–Trinajstić information content (AvgIpc) is 2.97. The standard InChI is InChI=1S/C14H21N3O4/c18-12(14(20)21)5-8-16-13(19)11-2-1-9-17(11)10-3-6-15-7-4-10/h1-2,9-10,12,15,18H,3-8H2,(H,16,19)(H,20,21). The third-order valence-corrected chi connectivity index (χ3v) is 3.70. The minimum Gasteiger partial charge on any atom is -0.479 e. The summed E-state index contributed by atoms with van der Waals surface area (Å²) < 4.78 is 1.98. The quantitative estimate of drug-likeness (QED) is 0.590. The fourth-order valence-corrected chi connectivity index (χ4v) is 2.53. The van der Waals surface area contributed by atoms with E-state index in [0.29, 0.717) is 11.7 Å². The highest BCUT2D eigenvalue weighted by atomic mass is 16.4. The lowest BCUT2D eigenvalue weighted by Crippen LogP contribution is -2.34. The molecule has 0 aromatic carbocycles. The average molecular weight is 295 g/mol. The summed E-state index contributed by atoms with van der Waals surface area (Å²) in [5.74, 6) is -1.52. The predicted molar refractivity (Wildman–Crippen MR) is 76.2 cm³/mol. The maximum Gasteiger partial charge on any atom is 0.332 e. The lowest BCUT2D eigenvalue weighted by atomic mass is 10.1. The van der Waals surface area contributed by atoms with Crippen molar-refractivity contribution in [3.8, 4) is 0 Å². The topological polar surface area (TPSA) is 104 Å². The van der Waals surface area contributed by atoms with Gasteiger partial charge in [-0.05, 0) is 38.1 Å². The number of rotatable bonds is 6. The van der Waals surface area contributed by atoms with Crippen LogP contribution in [0.4, 0.5) is 0 Å². The van der Waals surface area contributed by atoms with Crippen molar-refractivity contribution in [2.75, 3.05) is 19.6 Å². The summed E-state index contributed by atoms with van der Waals surface area (Å²) in [5, 5.41) is 23.7. The highest BCUT2D eigenvalue weighted by Gasteiger charge is 2.20. The van der Waals surface area contributed by atoms with E-state index in [1.54, 1.807) is 6.07 Å². The molecule has 1 amide bonds. The predicted octanol–water partition coefficient (Wildman–Crippen LogP) is -0.0220. The highest BCUT2D eigenvalue weighted by Crippen LogP contribution is 2.21. The fraction of sp³-hybridized carbons (Fsp3) is 0.571. The molecule has 0 aliphatic carbocycles. The van der Waals surface area contributed by atoms with Gasteiger partial charge in [-0.25, -0.2) is 4.79 Å².